The summed E-state index contributed by atoms with van der Waals surface area (Å²) in [7, 11) is 1.40. The Morgan fingerprint density at radius 1 is 1.08 bits per heavy atom. The van der Waals surface area contributed by atoms with Gasteiger partial charge < -0.3 is 10.1 Å². The second-order valence-electron chi connectivity index (χ2n) is 4.80. The first-order valence-electron chi connectivity index (χ1n) is 6.77. The number of nitro groups is 2. The van der Waals surface area contributed by atoms with Crippen molar-refractivity contribution in [2.24, 2.45) is 0 Å². The third kappa shape index (κ3) is 3.29. The van der Waals surface area contributed by atoms with Crippen LogP contribution in [0.3, 0.4) is 0 Å². The summed E-state index contributed by atoms with van der Waals surface area (Å²) in [6, 6.07) is 8.05. The Morgan fingerprint density at radius 3 is 2.38 bits per heavy atom. The molecule has 2 aromatic rings. The van der Waals surface area contributed by atoms with E-state index >= 15 is 0 Å². The van der Waals surface area contributed by atoms with Crippen molar-refractivity contribution in [3.8, 4) is 11.5 Å². The second kappa shape index (κ2) is 6.73. The van der Waals surface area contributed by atoms with Crippen LogP contribution in [0.4, 0.5) is 11.4 Å². The highest BCUT2D eigenvalue weighted by molar-refractivity contribution is 5.95. The van der Waals surface area contributed by atoms with Gasteiger partial charge in [-0.2, -0.15) is 0 Å². The van der Waals surface area contributed by atoms with Crippen molar-refractivity contribution in [3.05, 3.63) is 67.8 Å². The lowest BCUT2D eigenvalue weighted by molar-refractivity contribution is -0.387. The van der Waals surface area contributed by atoms with Crippen LogP contribution in [0.25, 0.3) is 0 Å². The molecule has 0 spiro atoms. The van der Waals surface area contributed by atoms with Crippen LogP contribution >= 0.6 is 0 Å². The zero-order valence-corrected chi connectivity index (χ0v) is 12.8. The van der Waals surface area contributed by atoms with Gasteiger partial charge in [-0.1, -0.05) is 12.1 Å². The van der Waals surface area contributed by atoms with E-state index < -0.39 is 21.4 Å². The summed E-state index contributed by atoms with van der Waals surface area (Å²) in [5.74, 6) is -0.802. The van der Waals surface area contributed by atoms with Crippen LogP contribution in [0.15, 0.2) is 36.4 Å². The monoisotopic (exact) mass is 331 g/mol. The minimum atomic E-state index is -0.719. The van der Waals surface area contributed by atoms with Crippen molar-refractivity contribution in [2.45, 2.75) is 6.92 Å². The number of carbonyl (C=O) groups is 1. The van der Waals surface area contributed by atoms with Gasteiger partial charge in [0, 0.05) is 24.2 Å². The number of rotatable bonds is 5. The van der Waals surface area contributed by atoms with E-state index in [0.717, 1.165) is 6.07 Å². The molecule has 0 fully saturated rings. The fourth-order valence-corrected chi connectivity index (χ4v) is 2.10. The Labute approximate surface area is 136 Å². The number of hydrogen-bond acceptors (Lipinski definition) is 6. The number of ether oxygens (including phenoxy) is 1. The van der Waals surface area contributed by atoms with Gasteiger partial charge in [0.25, 0.3) is 5.91 Å². The summed E-state index contributed by atoms with van der Waals surface area (Å²) in [6.45, 7) is 1.54. The quantitative estimate of drug-likeness (QED) is 0.663. The van der Waals surface area contributed by atoms with Gasteiger partial charge in [0.2, 0.25) is 11.5 Å². The van der Waals surface area contributed by atoms with Gasteiger partial charge >= 0.3 is 11.4 Å². The Kier molecular flexibility index (Phi) is 4.73. The summed E-state index contributed by atoms with van der Waals surface area (Å²) in [6.07, 6.45) is 0. The Bertz CT molecular complexity index is 834. The third-order valence-electron chi connectivity index (χ3n) is 3.25. The van der Waals surface area contributed by atoms with Crippen LogP contribution in [0, 0.1) is 27.2 Å². The van der Waals surface area contributed by atoms with Gasteiger partial charge in [-0.15, -0.1) is 0 Å². The highest BCUT2D eigenvalue weighted by Gasteiger charge is 2.23. The van der Waals surface area contributed by atoms with Gasteiger partial charge in [0.1, 0.15) is 0 Å². The number of aryl methyl sites for hydroxylation is 1. The average Bonchev–Trinajstić information content (AvgIpc) is 2.54. The van der Waals surface area contributed by atoms with Crippen LogP contribution in [0.2, 0.25) is 0 Å². The molecule has 124 valence electrons. The molecule has 0 unspecified atom stereocenters. The summed E-state index contributed by atoms with van der Waals surface area (Å²) >= 11 is 0. The molecule has 9 nitrogen and oxygen atoms in total. The molecular weight excluding hydrogens is 318 g/mol. The molecule has 0 aliphatic carbocycles. The van der Waals surface area contributed by atoms with Crippen molar-refractivity contribution in [1.82, 2.24) is 5.32 Å². The molecule has 0 saturated carbocycles. The minimum Gasteiger partial charge on any atom is -0.443 e. The summed E-state index contributed by atoms with van der Waals surface area (Å²) in [5.41, 5.74) is -0.300. The van der Waals surface area contributed by atoms with Crippen LogP contribution in [-0.4, -0.2) is 22.8 Å². The van der Waals surface area contributed by atoms with Gasteiger partial charge in [-0.25, -0.2) is 0 Å². The number of amides is 1. The van der Waals surface area contributed by atoms with E-state index in [0.29, 0.717) is 5.56 Å². The summed E-state index contributed by atoms with van der Waals surface area (Å²) in [5, 5.41) is 24.7. The van der Waals surface area contributed by atoms with Crippen molar-refractivity contribution < 1.29 is 19.4 Å². The standard InChI is InChI=1S/C15H13N3O6/c1-9-4-3-5-13(14(9)18(22)23)24-12-7-6-10(15(19)16-2)8-11(12)17(20)21/h3-8H,1-2H3,(H,16,19). The zero-order valence-electron chi connectivity index (χ0n) is 12.8. The number of para-hydroxylation sites is 1. The van der Waals surface area contributed by atoms with E-state index in [4.69, 9.17) is 4.74 Å². The first-order chi connectivity index (χ1) is 11.3. The maximum atomic E-state index is 11.6. The molecule has 0 heterocycles. The van der Waals surface area contributed by atoms with Gasteiger partial charge in [0.15, 0.2) is 0 Å². The van der Waals surface area contributed by atoms with E-state index in [1.807, 2.05) is 0 Å². The van der Waals surface area contributed by atoms with E-state index in [9.17, 15) is 25.0 Å². The first-order valence-corrected chi connectivity index (χ1v) is 6.77. The summed E-state index contributed by atoms with van der Waals surface area (Å²) in [4.78, 5) is 32.6. The molecule has 2 aromatic carbocycles. The fraction of sp³-hybridized carbons (Fsp3) is 0.133. The largest absolute Gasteiger partial charge is 0.443 e. The molecule has 2 rings (SSSR count). The summed E-state index contributed by atoms with van der Waals surface area (Å²) < 4.78 is 5.40. The van der Waals surface area contributed by atoms with Crippen LogP contribution < -0.4 is 10.1 Å². The van der Waals surface area contributed by atoms with E-state index in [2.05, 4.69) is 5.32 Å². The highest BCUT2D eigenvalue weighted by Crippen LogP contribution is 2.37. The SMILES string of the molecule is CNC(=O)c1ccc(Oc2cccc(C)c2[N+](=O)[O-])c([N+](=O)[O-])c1. The lowest BCUT2D eigenvalue weighted by Crippen LogP contribution is -2.17. The molecule has 9 heteroatoms. The zero-order chi connectivity index (χ0) is 17.9. The van der Waals surface area contributed by atoms with Crippen LogP contribution in [-0.2, 0) is 0 Å². The molecule has 1 N–H and O–H groups in total. The maximum absolute atomic E-state index is 11.6. The Hall–Kier alpha value is -3.49. The van der Waals surface area contributed by atoms with Crippen LogP contribution in [0.5, 0.6) is 11.5 Å². The molecule has 0 aliphatic heterocycles. The maximum Gasteiger partial charge on any atom is 0.314 e. The predicted octanol–water partition coefficient (Wildman–Crippen LogP) is 2.96. The number of hydrogen-bond donors (Lipinski definition) is 1. The van der Waals surface area contributed by atoms with Crippen molar-refractivity contribution >= 4 is 17.3 Å². The van der Waals surface area contributed by atoms with Crippen molar-refractivity contribution in [1.29, 1.82) is 0 Å². The Balaban J connectivity index is 2.51. The molecule has 0 radical (unpaired) electrons. The third-order valence-corrected chi connectivity index (χ3v) is 3.25. The lowest BCUT2D eigenvalue weighted by Gasteiger charge is -2.09. The second-order valence-corrected chi connectivity index (χ2v) is 4.80. The predicted molar refractivity (Wildman–Crippen MR) is 84.4 cm³/mol. The van der Waals surface area contributed by atoms with Crippen molar-refractivity contribution in [2.75, 3.05) is 7.05 Å². The highest BCUT2D eigenvalue weighted by atomic mass is 16.6. The molecule has 0 aliphatic rings. The molecule has 24 heavy (non-hydrogen) atoms. The van der Waals surface area contributed by atoms with Crippen molar-refractivity contribution in [3.63, 3.8) is 0 Å². The van der Waals surface area contributed by atoms with E-state index in [1.165, 1.54) is 38.2 Å². The number of carbonyl (C=O) groups excluding carboxylic acids is 1. The van der Waals surface area contributed by atoms with Gasteiger partial charge in [-0.3, -0.25) is 25.0 Å². The molecule has 0 aromatic heterocycles. The first kappa shape index (κ1) is 16.9. The average molecular weight is 331 g/mol. The number of benzene rings is 2. The Morgan fingerprint density at radius 2 is 1.79 bits per heavy atom. The molecule has 0 saturated heterocycles. The van der Waals surface area contributed by atoms with Gasteiger partial charge in [-0.05, 0) is 25.1 Å². The normalized spacial score (nSPS) is 10.1. The fourth-order valence-electron chi connectivity index (χ4n) is 2.10. The smallest absolute Gasteiger partial charge is 0.314 e. The number of nitrogens with one attached hydrogen (secondary N) is 1. The topological polar surface area (TPSA) is 125 Å². The number of nitrogens with zero attached hydrogens (tertiary/aromatic N) is 2. The van der Waals surface area contributed by atoms with Gasteiger partial charge in [0.05, 0.1) is 9.85 Å². The molecule has 1 amide bonds. The van der Waals surface area contributed by atoms with E-state index in [1.54, 1.807) is 6.07 Å². The molecule has 0 atom stereocenters. The van der Waals surface area contributed by atoms with E-state index in [-0.39, 0.29) is 22.7 Å². The lowest BCUT2D eigenvalue weighted by atomic mass is 10.1. The number of nitro benzene ring substituents is 2. The molecular formula is C15H13N3O6. The molecule has 0 bridgehead atoms. The van der Waals surface area contributed by atoms with Crippen LogP contribution in [0.1, 0.15) is 15.9 Å². The minimum absolute atomic E-state index is 0.0790.